The predicted octanol–water partition coefficient (Wildman–Crippen LogP) is 5.46. The van der Waals surface area contributed by atoms with Crippen LogP contribution in [0, 0.1) is 0 Å². The Morgan fingerprint density at radius 1 is 1.15 bits per heavy atom. The Balaban J connectivity index is 1.57. The molecule has 1 aliphatic heterocycles. The molecule has 8 nitrogen and oxygen atoms in total. The van der Waals surface area contributed by atoms with Gasteiger partial charge >= 0.3 is 6.16 Å². The van der Waals surface area contributed by atoms with Gasteiger partial charge in [-0.25, -0.2) is 9.78 Å². The van der Waals surface area contributed by atoms with E-state index in [1.165, 1.54) is 11.3 Å². The highest BCUT2D eigenvalue weighted by atomic mass is 32.1. The van der Waals surface area contributed by atoms with E-state index >= 15 is 0 Å². The number of thiazole rings is 1. The van der Waals surface area contributed by atoms with Crippen LogP contribution in [0.15, 0.2) is 47.8 Å². The molecule has 0 aliphatic carbocycles. The Morgan fingerprint density at radius 3 is 2.67 bits per heavy atom. The van der Waals surface area contributed by atoms with Gasteiger partial charge in [0.2, 0.25) is 6.29 Å². The maximum atomic E-state index is 12.1. The fourth-order valence-electron chi connectivity index (χ4n) is 3.15. The minimum absolute atomic E-state index is 0.160. The summed E-state index contributed by atoms with van der Waals surface area (Å²) in [5.74, 6) is 1.11. The summed E-state index contributed by atoms with van der Waals surface area (Å²) in [5.41, 5.74) is 1.78. The summed E-state index contributed by atoms with van der Waals surface area (Å²) in [5, 5.41) is 16.3. The molecule has 0 amide bonds. The van der Waals surface area contributed by atoms with Crippen molar-refractivity contribution in [2.24, 2.45) is 0 Å². The smallest absolute Gasteiger partial charge is 0.495 e. The molecule has 0 saturated heterocycles. The van der Waals surface area contributed by atoms with Gasteiger partial charge in [-0.1, -0.05) is 24.3 Å². The normalized spacial score (nSPS) is 15.1. The lowest BCUT2D eigenvalue weighted by atomic mass is 10.0. The molecular weight excluding hydrogens is 444 g/mol. The number of hydrogen-bond donors (Lipinski definition) is 2. The number of benzene rings is 2. The van der Waals surface area contributed by atoms with Gasteiger partial charge in [0.05, 0.1) is 18.5 Å². The summed E-state index contributed by atoms with van der Waals surface area (Å²) >= 11 is 1.39. The van der Waals surface area contributed by atoms with Gasteiger partial charge in [-0.2, -0.15) is 0 Å². The first-order valence-corrected chi connectivity index (χ1v) is 11.1. The number of ether oxygens (including phenoxy) is 4. The molecule has 1 aliphatic rings. The second-order valence-corrected chi connectivity index (χ2v) is 9.03. The second kappa shape index (κ2) is 9.13. The monoisotopic (exact) mass is 468 g/mol. The van der Waals surface area contributed by atoms with E-state index < -0.39 is 18.0 Å². The van der Waals surface area contributed by atoms with E-state index in [-0.39, 0.29) is 11.5 Å². The van der Waals surface area contributed by atoms with Gasteiger partial charge in [0.25, 0.3) is 0 Å². The number of rotatable bonds is 5. The lowest BCUT2D eigenvalue weighted by Crippen LogP contribution is -2.27. The van der Waals surface area contributed by atoms with E-state index in [2.05, 4.69) is 10.3 Å². The van der Waals surface area contributed by atoms with Crippen LogP contribution in [0.1, 0.15) is 32.0 Å². The van der Waals surface area contributed by atoms with Gasteiger partial charge in [-0.15, -0.1) is 11.3 Å². The van der Waals surface area contributed by atoms with Gasteiger partial charge in [0, 0.05) is 16.5 Å². The van der Waals surface area contributed by atoms with Crippen molar-refractivity contribution in [1.29, 1.82) is 0 Å². The molecule has 0 fully saturated rings. The lowest BCUT2D eigenvalue weighted by molar-refractivity contribution is 0.0131. The fourth-order valence-corrected chi connectivity index (χ4v) is 3.89. The molecule has 1 unspecified atom stereocenters. The zero-order chi connectivity index (χ0) is 23.6. The van der Waals surface area contributed by atoms with Gasteiger partial charge in [-0.3, -0.25) is 0 Å². The first-order chi connectivity index (χ1) is 15.7. The molecule has 1 aromatic heterocycles. The number of hydrogen-bond acceptors (Lipinski definition) is 9. The van der Waals surface area contributed by atoms with E-state index in [0.29, 0.717) is 27.7 Å². The number of aliphatic hydroxyl groups excluding tert-OH is 1. The molecule has 3 aromatic rings. The number of carbonyl (C=O) groups is 1. The maximum Gasteiger partial charge on any atom is 0.514 e. The van der Waals surface area contributed by atoms with Crippen LogP contribution in [0.4, 0.5) is 15.6 Å². The third-order valence-corrected chi connectivity index (χ3v) is 5.30. The average Bonchev–Trinajstić information content (AvgIpc) is 3.21. The minimum atomic E-state index is -1.29. The highest BCUT2D eigenvalue weighted by molar-refractivity contribution is 7.13. The molecule has 0 spiro atoms. The van der Waals surface area contributed by atoms with Crippen molar-refractivity contribution >= 4 is 40.0 Å². The maximum absolute atomic E-state index is 12.1. The number of carbonyl (C=O) groups excluding carboxylic acids is 1. The van der Waals surface area contributed by atoms with Crippen LogP contribution < -0.4 is 19.5 Å². The van der Waals surface area contributed by atoms with E-state index in [0.717, 1.165) is 5.69 Å². The van der Waals surface area contributed by atoms with E-state index in [1.54, 1.807) is 52.2 Å². The van der Waals surface area contributed by atoms with Crippen LogP contribution in [0.5, 0.6) is 17.2 Å². The van der Waals surface area contributed by atoms with Gasteiger partial charge in [0.15, 0.2) is 16.6 Å². The summed E-state index contributed by atoms with van der Waals surface area (Å²) in [6.07, 6.45) is -0.384. The Morgan fingerprint density at radius 2 is 1.91 bits per heavy atom. The SMILES string of the molecule is COc1ccccc1Nc1nc(C2=Cc3cccc(OC(=O)OC(C)(C)C)c3OC2O)cs1. The van der Waals surface area contributed by atoms with Gasteiger partial charge in [0.1, 0.15) is 11.4 Å². The number of anilines is 2. The topological polar surface area (TPSA) is 99.1 Å². The predicted molar refractivity (Wildman–Crippen MR) is 126 cm³/mol. The molecule has 2 aromatic carbocycles. The largest absolute Gasteiger partial charge is 0.514 e. The van der Waals surface area contributed by atoms with Crippen molar-refractivity contribution < 1.29 is 28.8 Å². The number of nitrogens with zero attached hydrogens (tertiary/aromatic N) is 1. The van der Waals surface area contributed by atoms with Gasteiger partial charge in [-0.05, 0) is 45.0 Å². The van der Waals surface area contributed by atoms with Crippen LogP contribution in [-0.4, -0.2) is 35.2 Å². The molecular formula is C24H24N2O6S. The van der Waals surface area contributed by atoms with E-state index in [1.807, 2.05) is 29.6 Å². The molecule has 2 N–H and O–H groups in total. The van der Waals surface area contributed by atoms with Gasteiger partial charge < -0.3 is 29.4 Å². The summed E-state index contributed by atoms with van der Waals surface area (Å²) in [4.78, 5) is 16.7. The van der Waals surface area contributed by atoms with Crippen molar-refractivity contribution in [2.75, 3.05) is 12.4 Å². The molecule has 172 valence electrons. The molecule has 9 heteroatoms. The number of methoxy groups -OCH3 is 1. The first-order valence-electron chi connectivity index (χ1n) is 10.2. The fraction of sp³-hybridized carbons (Fsp3) is 0.250. The van der Waals surface area contributed by atoms with Crippen LogP contribution >= 0.6 is 11.3 Å². The molecule has 4 rings (SSSR count). The van der Waals surface area contributed by atoms with E-state index in [9.17, 15) is 9.90 Å². The Bertz CT molecular complexity index is 1200. The lowest BCUT2D eigenvalue weighted by Gasteiger charge is -2.24. The molecule has 0 bridgehead atoms. The third-order valence-electron chi connectivity index (χ3n) is 4.55. The van der Waals surface area contributed by atoms with Crippen molar-refractivity contribution in [3.05, 3.63) is 59.1 Å². The summed E-state index contributed by atoms with van der Waals surface area (Å²) in [7, 11) is 1.60. The molecule has 1 atom stereocenters. The van der Waals surface area contributed by atoms with E-state index in [4.69, 9.17) is 18.9 Å². The first kappa shape index (κ1) is 22.6. The van der Waals surface area contributed by atoms with Crippen LogP contribution in [0.25, 0.3) is 11.6 Å². The number of aliphatic hydroxyl groups is 1. The van der Waals surface area contributed by atoms with Crippen molar-refractivity contribution in [2.45, 2.75) is 32.7 Å². The Labute approximate surface area is 195 Å². The second-order valence-electron chi connectivity index (χ2n) is 8.17. The minimum Gasteiger partial charge on any atom is -0.495 e. The molecule has 2 heterocycles. The Hall–Kier alpha value is -3.56. The summed E-state index contributed by atoms with van der Waals surface area (Å²) in [6, 6.07) is 12.6. The molecule has 0 radical (unpaired) electrons. The summed E-state index contributed by atoms with van der Waals surface area (Å²) in [6.45, 7) is 5.23. The van der Waals surface area contributed by atoms with Crippen molar-refractivity contribution in [3.8, 4) is 17.2 Å². The molecule has 0 saturated carbocycles. The van der Waals surface area contributed by atoms with Crippen LogP contribution in [0.3, 0.4) is 0 Å². The Kier molecular flexibility index (Phi) is 6.26. The number of aromatic nitrogens is 1. The standard InChI is InChI=1S/C24H24N2O6S/c1-24(2,3)32-23(28)30-19-11-7-8-14-12-15(21(27)31-20(14)19)17-13-33-22(26-17)25-16-9-5-6-10-18(16)29-4/h5-13,21,27H,1-4H3,(H,25,26). The highest BCUT2D eigenvalue weighted by Crippen LogP contribution is 2.41. The number of para-hydroxylation sites is 3. The molecule has 33 heavy (non-hydrogen) atoms. The zero-order valence-electron chi connectivity index (χ0n) is 18.6. The third kappa shape index (κ3) is 5.27. The number of fused-ring (bicyclic) bond motifs is 1. The van der Waals surface area contributed by atoms with Crippen molar-refractivity contribution in [3.63, 3.8) is 0 Å². The number of nitrogens with one attached hydrogen (secondary N) is 1. The highest BCUT2D eigenvalue weighted by Gasteiger charge is 2.28. The van der Waals surface area contributed by atoms with Crippen LogP contribution in [0.2, 0.25) is 0 Å². The van der Waals surface area contributed by atoms with Crippen molar-refractivity contribution in [1.82, 2.24) is 4.98 Å². The quantitative estimate of drug-likeness (QED) is 0.376. The average molecular weight is 469 g/mol. The summed E-state index contributed by atoms with van der Waals surface area (Å²) < 4.78 is 21.6. The zero-order valence-corrected chi connectivity index (χ0v) is 19.4. The van der Waals surface area contributed by atoms with Crippen LogP contribution in [-0.2, 0) is 4.74 Å².